The van der Waals surface area contributed by atoms with Crippen molar-refractivity contribution in [1.82, 2.24) is 9.38 Å². The number of allylic oxidation sites excluding steroid dienone is 4. The van der Waals surface area contributed by atoms with E-state index in [4.69, 9.17) is 0 Å². The summed E-state index contributed by atoms with van der Waals surface area (Å²) in [4.78, 5) is 1.94. The minimum atomic E-state index is -4.17. The summed E-state index contributed by atoms with van der Waals surface area (Å²) in [5.41, 5.74) is 5.13. The Bertz CT molecular complexity index is 1440. The van der Waals surface area contributed by atoms with Crippen LogP contribution >= 0.6 is 0 Å². The zero-order chi connectivity index (χ0) is 24.7. The second-order valence-corrected chi connectivity index (χ2v) is 9.28. The zero-order valence-electron chi connectivity index (χ0n) is 20.4. The van der Waals surface area contributed by atoms with Crippen molar-refractivity contribution < 1.29 is 17.7 Å². The first-order chi connectivity index (χ1) is 16.8. The van der Waals surface area contributed by atoms with Crippen LogP contribution in [-0.2, 0) is 0 Å². The number of halogens is 2. The van der Waals surface area contributed by atoms with Crippen LogP contribution in [0.4, 0.5) is 8.63 Å². The highest BCUT2D eigenvalue weighted by molar-refractivity contribution is 6.59. The summed E-state index contributed by atoms with van der Waals surface area (Å²) < 4.78 is 37.7. The summed E-state index contributed by atoms with van der Waals surface area (Å²) in [7, 11) is 7.76. The fraction of sp³-hybridized carbons (Fsp3) is 0.143. The van der Waals surface area contributed by atoms with Crippen LogP contribution in [0.15, 0.2) is 102 Å². The Kier molecular flexibility index (Phi) is 5.63. The summed E-state index contributed by atoms with van der Waals surface area (Å²) in [6.45, 7) is -4.17. The number of aromatic nitrogens is 1. The van der Waals surface area contributed by atoms with Gasteiger partial charge in [-0.1, -0.05) is 48.5 Å². The van der Waals surface area contributed by atoms with Gasteiger partial charge in [-0.15, -0.1) is 0 Å². The second kappa shape index (κ2) is 8.66. The third-order valence-corrected chi connectivity index (χ3v) is 6.19. The molecule has 0 amide bonds. The number of hydrogen-bond donors (Lipinski definition) is 0. The maximum absolute atomic E-state index is 16.6. The molecule has 176 valence electrons. The van der Waals surface area contributed by atoms with Gasteiger partial charge in [0.05, 0.1) is 11.1 Å². The summed E-state index contributed by atoms with van der Waals surface area (Å²) in [5, 5.41) is 0. The Morgan fingerprint density at radius 2 is 1.46 bits per heavy atom. The van der Waals surface area contributed by atoms with E-state index in [-0.39, 0.29) is 0 Å². The third kappa shape index (κ3) is 3.87. The molecule has 0 unspecified atom stereocenters. The molecule has 2 aliphatic rings. The lowest BCUT2D eigenvalue weighted by Crippen LogP contribution is -2.51. The molecule has 1 aromatic heterocycles. The zero-order valence-corrected chi connectivity index (χ0v) is 20.4. The Hall–Kier alpha value is -4.00. The first-order valence-corrected chi connectivity index (χ1v) is 11.6. The Morgan fingerprint density at radius 3 is 2.06 bits per heavy atom. The van der Waals surface area contributed by atoms with Gasteiger partial charge >= 0.3 is 6.97 Å². The molecule has 35 heavy (non-hydrogen) atoms. The van der Waals surface area contributed by atoms with E-state index >= 15 is 8.63 Å². The molecule has 3 aromatic rings. The molecule has 0 fully saturated rings. The predicted molar refractivity (Wildman–Crippen MR) is 140 cm³/mol. The SMILES string of the molecule is CN(C)/C=C(/C=[N+](C)C)C1=C2C=CC(c3ccccc3)=[N+]2[B-](F)(F)n2c1ccc2-c1ccccc1. The van der Waals surface area contributed by atoms with Gasteiger partial charge in [0.15, 0.2) is 17.6 Å². The van der Waals surface area contributed by atoms with E-state index < -0.39 is 6.97 Å². The van der Waals surface area contributed by atoms with Gasteiger partial charge in [-0.3, -0.25) is 0 Å². The standard InChI is InChI=1S/C28H28BF2N4/c1-32(2)19-23(20-33(3)4)28-26-17-15-24(21-11-7-5-8-12-21)34(26)29(30,31)35-25(16-18-27(28)35)22-13-9-6-10-14-22/h5-20H,1-4H3/q+1. The van der Waals surface area contributed by atoms with Crippen molar-refractivity contribution in [1.29, 1.82) is 0 Å². The van der Waals surface area contributed by atoms with Crippen LogP contribution in [0.5, 0.6) is 0 Å². The van der Waals surface area contributed by atoms with Gasteiger partial charge in [0.1, 0.15) is 14.1 Å². The molecule has 2 aromatic carbocycles. The van der Waals surface area contributed by atoms with E-state index in [2.05, 4.69) is 0 Å². The number of hydrogen-bond acceptors (Lipinski definition) is 1. The van der Waals surface area contributed by atoms with Crippen LogP contribution in [0.2, 0.25) is 0 Å². The van der Waals surface area contributed by atoms with Gasteiger partial charge in [-0.25, -0.2) is 4.58 Å². The lowest BCUT2D eigenvalue weighted by Gasteiger charge is -2.33. The van der Waals surface area contributed by atoms with E-state index in [0.717, 1.165) is 22.3 Å². The highest BCUT2D eigenvalue weighted by atomic mass is 19.2. The maximum atomic E-state index is 16.6. The second-order valence-electron chi connectivity index (χ2n) is 9.28. The summed E-state index contributed by atoms with van der Waals surface area (Å²) in [5.74, 6) is 0. The molecule has 0 radical (unpaired) electrons. The van der Waals surface area contributed by atoms with E-state index in [1.165, 1.54) is 8.96 Å². The number of nitrogens with zero attached hydrogens (tertiary/aromatic N) is 4. The number of fused-ring (bicyclic) bond motifs is 2. The van der Waals surface area contributed by atoms with Gasteiger partial charge in [-0.05, 0) is 29.8 Å². The van der Waals surface area contributed by atoms with Crippen molar-refractivity contribution in [3.63, 3.8) is 0 Å². The van der Waals surface area contributed by atoms with E-state index in [1.807, 2.05) is 123 Å². The van der Waals surface area contributed by atoms with Crippen molar-refractivity contribution in [2.75, 3.05) is 28.2 Å². The first-order valence-electron chi connectivity index (χ1n) is 11.6. The quantitative estimate of drug-likeness (QED) is 0.293. The lowest BCUT2D eigenvalue weighted by atomic mass is 9.85. The monoisotopic (exact) mass is 469 g/mol. The van der Waals surface area contributed by atoms with Gasteiger partial charge in [0.25, 0.3) is 0 Å². The topological polar surface area (TPSA) is 14.2 Å². The van der Waals surface area contributed by atoms with Gasteiger partial charge in [-0.2, -0.15) is 0 Å². The Morgan fingerprint density at radius 1 is 0.857 bits per heavy atom. The minimum Gasteiger partial charge on any atom is -0.389 e. The Labute approximate surface area is 204 Å². The van der Waals surface area contributed by atoms with Crippen LogP contribution in [0.25, 0.3) is 16.8 Å². The number of rotatable bonds is 5. The summed E-state index contributed by atoms with van der Waals surface area (Å²) >= 11 is 0. The molecular formula is C28H28BF2N4+. The van der Waals surface area contributed by atoms with Gasteiger partial charge < -0.3 is 22.5 Å². The average Bonchev–Trinajstić information content (AvgIpc) is 3.46. The van der Waals surface area contributed by atoms with Crippen molar-refractivity contribution in [3.8, 4) is 11.3 Å². The highest BCUT2D eigenvalue weighted by Gasteiger charge is 2.55. The largest absolute Gasteiger partial charge is 0.737 e. The van der Waals surface area contributed by atoms with E-state index in [9.17, 15) is 0 Å². The molecule has 0 aliphatic carbocycles. The molecule has 3 heterocycles. The van der Waals surface area contributed by atoms with Gasteiger partial charge in [0.2, 0.25) is 0 Å². The summed E-state index contributed by atoms with van der Waals surface area (Å²) in [6.07, 6.45) is 7.58. The van der Waals surface area contributed by atoms with E-state index in [1.54, 1.807) is 12.1 Å². The van der Waals surface area contributed by atoms with Crippen molar-refractivity contribution in [2.24, 2.45) is 0 Å². The normalized spacial score (nSPS) is 16.3. The third-order valence-electron chi connectivity index (χ3n) is 6.19. The highest BCUT2D eigenvalue weighted by Crippen LogP contribution is 2.42. The molecule has 0 bridgehead atoms. The molecule has 5 rings (SSSR count). The van der Waals surface area contributed by atoms with Crippen molar-refractivity contribution >= 4 is 24.5 Å². The summed E-state index contributed by atoms with van der Waals surface area (Å²) in [6, 6.07) is 22.4. The van der Waals surface area contributed by atoms with Crippen LogP contribution in [0.1, 0.15) is 11.3 Å². The van der Waals surface area contributed by atoms with Crippen molar-refractivity contribution in [2.45, 2.75) is 0 Å². The fourth-order valence-electron chi connectivity index (χ4n) is 4.92. The predicted octanol–water partition coefficient (Wildman–Crippen LogP) is 4.96. The van der Waals surface area contributed by atoms with Gasteiger partial charge in [0, 0.05) is 49.4 Å². The number of benzene rings is 2. The molecule has 0 spiro atoms. The lowest BCUT2D eigenvalue weighted by molar-refractivity contribution is -0.458. The molecule has 0 saturated carbocycles. The average molecular weight is 469 g/mol. The minimum absolute atomic E-state index is 0.496. The molecule has 7 heteroatoms. The van der Waals surface area contributed by atoms with E-state index in [0.29, 0.717) is 22.8 Å². The molecule has 0 saturated heterocycles. The molecular weight excluding hydrogens is 441 g/mol. The van der Waals surface area contributed by atoms with Crippen LogP contribution in [0.3, 0.4) is 0 Å². The smallest absolute Gasteiger partial charge is 0.389 e. The molecule has 2 aliphatic heterocycles. The van der Waals surface area contributed by atoms with Crippen LogP contribution in [0, 0.1) is 0 Å². The van der Waals surface area contributed by atoms with Crippen LogP contribution in [-0.4, -0.2) is 65.5 Å². The first kappa shape index (κ1) is 22.8. The van der Waals surface area contributed by atoms with Crippen LogP contribution < -0.4 is 0 Å². The Balaban J connectivity index is 1.89. The fourth-order valence-corrected chi connectivity index (χ4v) is 4.92. The molecule has 0 N–H and O–H groups in total. The van der Waals surface area contributed by atoms with Crippen molar-refractivity contribution in [3.05, 3.63) is 114 Å². The maximum Gasteiger partial charge on any atom is 0.737 e. The molecule has 0 atom stereocenters. The molecule has 4 nitrogen and oxygen atoms in total.